The van der Waals surface area contributed by atoms with E-state index in [1.807, 2.05) is 0 Å². The number of anilines is 1. The number of carbonyl (C=O) groups excluding carboxylic acids is 2. The largest absolute Gasteiger partial charge is 0.481 e. The molecule has 6 aliphatic rings. The van der Waals surface area contributed by atoms with E-state index < -0.39 is 17.5 Å². The van der Waals surface area contributed by atoms with E-state index in [2.05, 4.69) is 57.2 Å². The van der Waals surface area contributed by atoms with Gasteiger partial charge in [-0.15, -0.1) is 0 Å². The summed E-state index contributed by atoms with van der Waals surface area (Å²) in [7, 11) is 0. The smallest absolute Gasteiger partial charge is 0.411 e. The fourth-order valence-electron chi connectivity index (χ4n) is 13.3. The van der Waals surface area contributed by atoms with Crippen LogP contribution in [0.4, 0.5) is 15.3 Å². The Balaban J connectivity index is 1.11. The topological polar surface area (TPSA) is 127 Å². The van der Waals surface area contributed by atoms with Crippen molar-refractivity contribution in [2.75, 3.05) is 11.9 Å². The molecule has 0 spiro atoms. The normalized spacial score (nSPS) is 42.7. The van der Waals surface area contributed by atoms with Crippen molar-refractivity contribution in [3.8, 4) is 0 Å². The number of nitrogens with zero attached hydrogens (tertiary/aromatic N) is 1. The molecule has 9 heteroatoms. The van der Waals surface area contributed by atoms with Crippen molar-refractivity contribution >= 4 is 23.8 Å². The molecule has 1 aromatic heterocycles. The molecule has 0 radical (unpaired) electrons. The lowest BCUT2D eigenvalue weighted by atomic mass is 9.32. The summed E-state index contributed by atoms with van der Waals surface area (Å²) in [5, 5.41) is 16.7. The number of rotatable bonds is 7. The molecule has 49 heavy (non-hydrogen) atoms. The van der Waals surface area contributed by atoms with E-state index >= 15 is 0 Å². The van der Waals surface area contributed by atoms with Crippen molar-refractivity contribution < 1.29 is 29.0 Å². The lowest BCUT2D eigenvalue weighted by Crippen LogP contribution is -2.67. The quantitative estimate of drug-likeness (QED) is 0.264. The summed E-state index contributed by atoms with van der Waals surface area (Å²) in [6, 6.07) is 3.75. The average molecular weight is 678 g/mol. The van der Waals surface area contributed by atoms with Gasteiger partial charge in [0.1, 0.15) is 6.10 Å². The van der Waals surface area contributed by atoms with Gasteiger partial charge >= 0.3 is 18.2 Å². The van der Waals surface area contributed by atoms with E-state index in [4.69, 9.17) is 9.47 Å². The maximum atomic E-state index is 13.3. The van der Waals surface area contributed by atoms with Gasteiger partial charge < -0.3 is 19.9 Å². The van der Waals surface area contributed by atoms with Gasteiger partial charge in [-0.05, 0) is 141 Å². The molecule has 7 rings (SSSR count). The summed E-state index contributed by atoms with van der Waals surface area (Å²) in [6.45, 7) is 14.7. The molecule has 1 aromatic rings. The lowest BCUT2D eigenvalue weighted by molar-refractivity contribution is -0.249. The zero-order valence-electron chi connectivity index (χ0n) is 30.6. The number of nitrogens with one attached hydrogen (secondary N) is 2. The van der Waals surface area contributed by atoms with Crippen molar-refractivity contribution in [3.63, 3.8) is 0 Å². The SMILES string of the molecule is CC(COC(=O)Nc1ccncc1)[C@@H]1CC[C@]2(C(=O)O)CC[C@]3(C)C(CCC4[C@@]5(C)CC[C@@H](OC(=O)NC6CC6)C(C)(C)C5CC[C@]43C)C12. The first-order valence-corrected chi connectivity index (χ1v) is 19.2. The third-order valence-corrected chi connectivity index (χ3v) is 16.1. The molecule has 3 N–H and O–H groups in total. The molecule has 6 aliphatic carbocycles. The first-order chi connectivity index (χ1) is 23.2. The average Bonchev–Trinajstić information content (AvgIpc) is 3.77. The van der Waals surface area contributed by atoms with Crippen LogP contribution in [-0.4, -0.2) is 47.0 Å². The summed E-state index contributed by atoms with van der Waals surface area (Å²) >= 11 is 0. The van der Waals surface area contributed by atoms with Crippen LogP contribution < -0.4 is 10.6 Å². The van der Waals surface area contributed by atoms with E-state index in [0.29, 0.717) is 35.9 Å². The molecule has 270 valence electrons. The molecule has 6 saturated carbocycles. The Labute approximate surface area is 292 Å². The molecule has 11 atom stereocenters. The molecule has 0 saturated heterocycles. The second-order valence-electron chi connectivity index (χ2n) is 18.5. The van der Waals surface area contributed by atoms with Crippen LogP contribution in [0.1, 0.15) is 119 Å². The van der Waals surface area contributed by atoms with Crippen LogP contribution >= 0.6 is 0 Å². The van der Waals surface area contributed by atoms with Crippen molar-refractivity contribution in [2.45, 2.75) is 131 Å². The van der Waals surface area contributed by atoms with Crippen molar-refractivity contribution in [2.24, 2.45) is 62.6 Å². The Hall–Kier alpha value is -2.84. The number of carboxylic acids is 1. The summed E-state index contributed by atoms with van der Waals surface area (Å²) in [5.41, 5.74) is 0.0710. The van der Waals surface area contributed by atoms with Crippen LogP contribution in [0.25, 0.3) is 0 Å². The van der Waals surface area contributed by atoms with Crippen molar-refractivity contribution in [3.05, 3.63) is 24.5 Å². The fourth-order valence-corrected chi connectivity index (χ4v) is 13.3. The molecule has 6 fully saturated rings. The lowest BCUT2D eigenvalue weighted by Gasteiger charge is -2.72. The molecular formula is C40H59N3O6. The van der Waals surface area contributed by atoms with Gasteiger partial charge in [0.15, 0.2) is 0 Å². The van der Waals surface area contributed by atoms with E-state index in [9.17, 15) is 19.5 Å². The molecule has 1 heterocycles. The Kier molecular flexibility index (Phi) is 8.58. The third-order valence-electron chi connectivity index (χ3n) is 16.1. The summed E-state index contributed by atoms with van der Waals surface area (Å²) in [4.78, 5) is 42.7. The number of hydrogen-bond acceptors (Lipinski definition) is 6. The van der Waals surface area contributed by atoms with E-state index in [1.165, 1.54) is 0 Å². The van der Waals surface area contributed by atoms with Gasteiger partial charge in [-0.25, -0.2) is 9.59 Å². The van der Waals surface area contributed by atoms with Crippen LogP contribution in [0, 0.1) is 62.6 Å². The maximum absolute atomic E-state index is 13.3. The van der Waals surface area contributed by atoms with Crippen LogP contribution in [0.3, 0.4) is 0 Å². The number of pyridine rings is 1. The van der Waals surface area contributed by atoms with Crippen LogP contribution in [0.15, 0.2) is 24.5 Å². The molecule has 0 aromatic carbocycles. The second kappa shape index (κ2) is 12.1. The summed E-state index contributed by atoms with van der Waals surface area (Å²) in [5.74, 6) is 1.01. The molecule has 9 nitrogen and oxygen atoms in total. The Morgan fingerprint density at radius 1 is 0.857 bits per heavy atom. The van der Waals surface area contributed by atoms with Gasteiger partial charge in [0.05, 0.1) is 12.0 Å². The predicted molar refractivity (Wildman–Crippen MR) is 187 cm³/mol. The van der Waals surface area contributed by atoms with Gasteiger partial charge in [-0.2, -0.15) is 0 Å². The first-order valence-electron chi connectivity index (χ1n) is 19.2. The minimum absolute atomic E-state index is 0.0248. The highest BCUT2D eigenvalue weighted by molar-refractivity contribution is 5.84. The van der Waals surface area contributed by atoms with Crippen LogP contribution in [-0.2, 0) is 14.3 Å². The number of hydrogen-bond donors (Lipinski definition) is 3. The Morgan fingerprint density at radius 2 is 1.59 bits per heavy atom. The third kappa shape index (κ3) is 5.46. The number of carbonyl (C=O) groups is 3. The number of alkyl carbamates (subject to hydrolysis) is 1. The van der Waals surface area contributed by atoms with Gasteiger partial charge in [0, 0.05) is 29.5 Å². The highest BCUT2D eigenvalue weighted by Crippen LogP contribution is 2.77. The highest BCUT2D eigenvalue weighted by atomic mass is 16.6. The minimum Gasteiger partial charge on any atom is -0.481 e. The second-order valence-corrected chi connectivity index (χ2v) is 18.5. The standard InChI is InChI=1S/C40H59N3O6/c1-24(23-48-34(46)42-26-14-21-41-22-15-26)27-11-18-40(33(44)45)20-19-38(5)28(32(27)40)9-10-30-37(4)16-13-31(49-35(47)43-25-7-8-25)36(2,3)29(37)12-17-39(30,38)6/h14-15,21-22,24-25,27-32H,7-13,16-20,23H2,1-6H3,(H,43,47)(H,44,45)(H,41,42,46)/t24?,27-,28?,29?,30?,31+,32?,37-,38+,39+,40-/m0/s1. The molecular weight excluding hydrogens is 618 g/mol. The summed E-state index contributed by atoms with van der Waals surface area (Å²) in [6.07, 6.45) is 14.2. The molecule has 0 bridgehead atoms. The summed E-state index contributed by atoms with van der Waals surface area (Å²) < 4.78 is 11.9. The fraction of sp³-hybridized carbons (Fsp3) is 0.800. The minimum atomic E-state index is -0.703. The zero-order valence-corrected chi connectivity index (χ0v) is 30.6. The van der Waals surface area contributed by atoms with Gasteiger partial charge in [0.2, 0.25) is 0 Å². The molecule has 2 amide bonds. The van der Waals surface area contributed by atoms with Crippen LogP contribution in [0.2, 0.25) is 0 Å². The number of fused-ring (bicyclic) bond motifs is 7. The number of amides is 2. The zero-order chi connectivity index (χ0) is 35.0. The number of carboxylic acid groups (broad SMARTS) is 1. The highest BCUT2D eigenvalue weighted by Gasteiger charge is 2.72. The molecule has 0 aliphatic heterocycles. The van der Waals surface area contributed by atoms with E-state index in [-0.39, 0.29) is 58.2 Å². The Bertz CT molecular complexity index is 1450. The number of ether oxygens (including phenoxy) is 2. The van der Waals surface area contributed by atoms with Crippen molar-refractivity contribution in [1.29, 1.82) is 0 Å². The van der Waals surface area contributed by atoms with Crippen molar-refractivity contribution in [1.82, 2.24) is 10.3 Å². The van der Waals surface area contributed by atoms with Gasteiger partial charge in [-0.1, -0.05) is 41.5 Å². The van der Waals surface area contributed by atoms with Gasteiger partial charge in [0.25, 0.3) is 0 Å². The van der Waals surface area contributed by atoms with E-state index in [1.54, 1.807) is 24.5 Å². The van der Waals surface area contributed by atoms with E-state index in [0.717, 1.165) is 70.6 Å². The number of aliphatic carboxylic acids is 1. The van der Waals surface area contributed by atoms with Gasteiger partial charge in [-0.3, -0.25) is 15.1 Å². The monoisotopic (exact) mass is 677 g/mol. The predicted octanol–water partition coefficient (Wildman–Crippen LogP) is 8.69. The molecule has 5 unspecified atom stereocenters. The van der Waals surface area contributed by atoms with Crippen LogP contribution in [0.5, 0.6) is 0 Å². The maximum Gasteiger partial charge on any atom is 0.411 e. The number of aromatic nitrogens is 1. The first kappa shape index (κ1) is 34.6. The Morgan fingerprint density at radius 3 is 2.29 bits per heavy atom.